The number of ketones is 1. The Labute approximate surface area is 164 Å². The van der Waals surface area contributed by atoms with E-state index in [1.54, 1.807) is 12.2 Å². The number of aliphatic hydroxyl groups is 2. The second kappa shape index (κ2) is 6.16. The Morgan fingerprint density at radius 3 is 2.81 bits per heavy atom. The summed E-state index contributed by atoms with van der Waals surface area (Å²) in [6.07, 6.45) is 7.64. The Kier molecular flexibility index (Phi) is 4.37. The van der Waals surface area contributed by atoms with Gasteiger partial charge in [-0.1, -0.05) is 37.1 Å². The van der Waals surface area contributed by atoms with Crippen molar-refractivity contribution in [3.05, 3.63) is 23.8 Å². The largest absolute Gasteiger partial charge is 0.447 e. The molecule has 0 radical (unpaired) electrons. The molecule has 0 amide bonds. The minimum Gasteiger partial charge on any atom is -0.447 e. The number of carbonyl (C=O) groups excluding carboxylic acids is 2. The van der Waals surface area contributed by atoms with E-state index in [1.807, 2.05) is 13.0 Å². The van der Waals surface area contributed by atoms with Crippen molar-refractivity contribution in [2.24, 2.45) is 28.6 Å². The highest BCUT2D eigenvalue weighted by Crippen LogP contribution is 2.67. The SMILES string of the molecule is C[C@]12C=CC(=O)C=C1CC[C@@H]1[C@@H]2[C@@H](O)C[C@@]2(C)[C@H]1CC[C@@]2(O)C(=O)OCCl. The summed E-state index contributed by atoms with van der Waals surface area (Å²) in [5, 5.41) is 22.5. The average molecular weight is 395 g/mol. The first-order valence-electron chi connectivity index (χ1n) is 9.75. The molecule has 0 spiro atoms. The number of carbonyl (C=O) groups is 2. The van der Waals surface area contributed by atoms with Crippen molar-refractivity contribution in [2.45, 2.75) is 57.7 Å². The van der Waals surface area contributed by atoms with Gasteiger partial charge < -0.3 is 14.9 Å². The zero-order valence-electron chi connectivity index (χ0n) is 15.8. The number of hydrogen-bond acceptors (Lipinski definition) is 5. The second-order valence-corrected chi connectivity index (χ2v) is 9.37. The number of ether oxygens (including phenoxy) is 1. The van der Waals surface area contributed by atoms with E-state index in [0.717, 1.165) is 24.8 Å². The Morgan fingerprint density at radius 2 is 2.11 bits per heavy atom. The fourth-order valence-electron chi connectivity index (χ4n) is 6.83. The first-order valence-corrected chi connectivity index (χ1v) is 10.3. The zero-order chi connectivity index (χ0) is 19.6. The van der Waals surface area contributed by atoms with Crippen LogP contribution in [0.2, 0.25) is 0 Å². The summed E-state index contributed by atoms with van der Waals surface area (Å²) in [6, 6.07) is -0.290. The van der Waals surface area contributed by atoms with E-state index in [2.05, 4.69) is 6.92 Å². The van der Waals surface area contributed by atoms with E-state index in [-0.39, 0.29) is 35.0 Å². The van der Waals surface area contributed by atoms with Crippen LogP contribution < -0.4 is 0 Å². The van der Waals surface area contributed by atoms with Crippen LogP contribution in [0.1, 0.15) is 46.0 Å². The first-order chi connectivity index (χ1) is 12.7. The summed E-state index contributed by atoms with van der Waals surface area (Å²) in [6.45, 7) is 4.01. The van der Waals surface area contributed by atoms with Gasteiger partial charge in [-0.3, -0.25) is 4.79 Å². The monoisotopic (exact) mass is 394 g/mol. The maximum Gasteiger partial charge on any atom is 0.339 e. The Balaban J connectivity index is 1.72. The molecule has 0 aromatic heterocycles. The summed E-state index contributed by atoms with van der Waals surface area (Å²) in [5.74, 6) is -0.403. The molecule has 0 saturated heterocycles. The molecule has 7 atom stereocenters. The molecule has 0 heterocycles. The van der Waals surface area contributed by atoms with Crippen LogP contribution in [0.25, 0.3) is 0 Å². The smallest absolute Gasteiger partial charge is 0.339 e. The Bertz CT molecular complexity index is 745. The van der Waals surface area contributed by atoms with Crippen LogP contribution >= 0.6 is 11.6 Å². The van der Waals surface area contributed by atoms with Crippen molar-refractivity contribution in [1.29, 1.82) is 0 Å². The van der Waals surface area contributed by atoms with Gasteiger partial charge in [-0.15, -0.1) is 0 Å². The lowest BCUT2D eigenvalue weighted by Crippen LogP contribution is -2.61. The number of esters is 1. The molecule has 4 rings (SSSR count). The van der Waals surface area contributed by atoms with E-state index in [0.29, 0.717) is 12.8 Å². The normalized spacial score (nSPS) is 48.3. The maximum atomic E-state index is 12.5. The van der Waals surface area contributed by atoms with E-state index < -0.39 is 23.1 Å². The number of alkyl halides is 1. The van der Waals surface area contributed by atoms with Crippen LogP contribution in [0, 0.1) is 28.6 Å². The molecule has 0 unspecified atom stereocenters. The minimum atomic E-state index is -1.62. The standard InChI is InChI=1S/C21H27ClO5/c1-19-7-5-13(23)9-12(19)3-4-14-15-6-8-21(26,18(25)27-11-22)20(15,2)10-16(24)17(14)19/h5,7,9,14-17,24,26H,3-4,6,8,10-11H2,1-2H3/t14-,15-,16-,17+,19-,20-,21+/m0/s1. The van der Waals surface area contributed by atoms with Gasteiger partial charge in [-0.05, 0) is 56.1 Å². The van der Waals surface area contributed by atoms with Crippen molar-refractivity contribution in [3.8, 4) is 0 Å². The van der Waals surface area contributed by atoms with Crippen LogP contribution in [0.15, 0.2) is 23.8 Å². The molecule has 27 heavy (non-hydrogen) atoms. The highest BCUT2D eigenvalue weighted by molar-refractivity contribution is 6.17. The zero-order valence-corrected chi connectivity index (χ0v) is 16.5. The van der Waals surface area contributed by atoms with E-state index in [4.69, 9.17) is 16.3 Å². The molecule has 5 nitrogen and oxygen atoms in total. The van der Waals surface area contributed by atoms with Gasteiger partial charge in [-0.25, -0.2) is 4.79 Å². The fraction of sp³-hybridized carbons (Fsp3) is 0.714. The van der Waals surface area contributed by atoms with Crippen molar-refractivity contribution < 1.29 is 24.5 Å². The lowest BCUT2D eigenvalue weighted by Gasteiger charge is -2.59. The van der Waals surface area contributed by atoms with E-state index >= 15 is 0 Å². The Hall–Kier alpha value is -1.17. The number of halogens is 1. The topological polar surface area (TPSA) is 83.8 Å². The molecule has 148 valence electrons. The molecule has 0 aromatic carbocycles. The van der Waals surface area contributed by atoms with Gasteiger partial charge in [0.1, 0.15) is 0 Å². The number of rotatable bonds is 2. The molecular weight excluding hydrogens is 368 g/mol. The highest BCUT2D eigenvalue weighted by Gasteiger charge is 2.68. The molecular formula is C21H27ClO5. The van der Waals surface area contributed by atoms with Gasteiger partial charge in [0.25, 0.3) is 0 Å². The van der Waals surface area contributed by atoms with Crippen molar-refractivity contribution in [1.82, 2.24) is 0 Å². The summed E-state index contributed by atoms with van der Waals surface area (Å²) >= 11 is 5.56. The fourth-order valence-corrected chi connectivity index (χ4v) is 6.93. The van der Waals surface area contributed by atoms with Crippen LogP contribution in [-0.2, 0) is 14.3 Å². The predicted molar refractivity (Wildman–Crippen MR) is 99.8 cm³/mol. The van der Waals surface area contributed by atoms with Gasteiger partial charge in [0.15, 0.2) is 17.5 Å². The van der Waals surface area contributed by atoms with Gasteiger partial charge >= 0.3 is 5.97 Å². The third kappa shape index (κ3) is 2.44. The molecule has 0 aromatic rings. The van der Waals surface area contributed by atoms with Gasteiger partial charge in [-0.2, -0.15) is 0 Å². The van der Waals surface area contributed by atoms with Crippen LogP contribution in [0.4, 0.5) is 0 Å². The molecule has 4 aliphatic rings. The van der Waals surface area contributed by atoms with Crippen LogP contribution in [0.5, 0.6) is 0 Å². The molecule has 2 N–H and O–H groups in total. The molecule has 6 heteroatoms. The van der Waals surface area contributed by atoms with Crippen molar-refractivity contribution >= 4 is 23.4 Å². The quantitative estimate of drug-likeness (QED) is 0.555. The molecule has 0 bridgehead atoms. The van der Waals surface area contributed by atoms with Gasteiger partial charge in [0, 0.05) is 16.7 Å². The number of allylic oxidation sites excluding steroid dienone is 4. The third-order valence-electron chi connectivity index (χ3n) is 8.17. The van der Waals surface area contributed by atoms with E-state index in [9.17, 15) is 19.8 Å². The predicted octanol–water partition coefficient (Wildman–Crippen LogP) is 2.74. The number of hydrogen-bond donors (Lipinski definition) is 2. The number of fused-ring (bicyclic) bond motifs is 5. The average Bonchev–Trinajstić information content (AvgIpc) is 2.87. The van der Waals surface area contributed by atoms with Crippen molar-refractivity contribution in [2.75, 3.05) is 6.07 Å². The number of aliphatic hydroxyl groups excluding tert-OH is 1. The maximum absolute atomic E-state index is 12.5. The van der Waals surface area contributed by atoms with Crippen LogP contribution in [0.3, 0.4) is 0 Å². The molecule has 3 fully saturated rings. The lowest BCUT2D eigenvalue weighted by molar-refractivity contribution is -0.195. The minimum absolute atomic E-state index is 0.00937. The summed E-state index contributed by atoms with van der Waals surface area (Å²) in [7, 11) is 0. The van der Waals surface area contributed by atoms with E-state index in [1.165, 1.54) is 0 Å². The summed E-state index contributed by atoms with van der Waals surface area (Å²) < 4.78 is 4.97. The van der Waals surface area contributed by atoms with Gasteiger partial charge in [0.2, 0.25) is 0 Å². The second-order valence-electron chi connectivity index (χ2n) is 9.15. The summed E-state index contributed by atoms with van der Waals surface area (Å²) in [4.78, 5) is 24.4. The van der Waals surface area contributed by atoms with Gasteiger partial charge in [0.05, 0.1) is 6.10 Å². The summed E-state index contributed by atoms with van der Waals surface area (Å²) in [5.41, 5.74) is -1.63. The van der Waals surface area contributed by atoms with Crippen molar-refractivity contribution in [3.63, 3.8) is 0 Å². The van der Waals surface area contributed by atoms with Crippen LogP contribution in [-0.4, -0.2) is 39.7 Å². The molecule has 0 aliphatic heterocycles. The third-order valence-corrected chi connectivity index (χ3v) is 8.28. The first kappa shape index (κ1) is 19.2. The lowest BCUT2D eigenvalue weighted by atomic mass is 9.46. The molecule has 3 saturated carbocycles. The molecule has 4 aliphatic carbocycles. The highest BCUT2D eigenvalue weighted by atomic mass is 35.5. The Morgan fingerprint density at radius 1 is 1.37 bits per heavy atom.